The van der Waals surface area contributed by atoms with Crippen molar-refractivity contribution in [3.63, 3.8) is 0 Å². The molecule has 1 unspecified atom stereocenters. The molecule has 2 heterocycles. The van der Waals surface area contributed by atoms with Crippen molar-refractivity contribution in [2.45, 2.75) is 39.0 Å². The first-order valence-corrected chi connectivity index (χ1v) is 10.4. The lowest BCUT2D eigenvalue weighted by Gasteiger charge is -2.48. The van der Waals surface area contributed by atoms with Crippen LogP contribution < -0.4 is 9.64 Å². The van der Waals surface area contributed by atoms with Crippen molar-refractivity contribution in [3.05, 3.63) is 59.7 Å². The standard InChI is InChI=1S/C24H26N2O5/c1-16(2)14-25-22(28)19-9-4-5-10-20(19)26-21(27)11-12-24(25,26)23(29)31-15-17-7-6-8-18(13-17)30-3/h4-10,13,16H,11-12,14-15H2,1-3H3. The topological polar surface area (TPSA) is 76.1 Å². The minimum Gasteiger partial charge on any atom is -0.497 e. The Morgan fingerprint density at radius 1 is 1.13 bits per heavy atom. The lowest BCUT2D eigenvalue weighted by atomic mass is 9.95. The maximum atomic E-state index is 13.6. The van der Waals surface area contributed by atoms with Crippen molar-refractivity contribution in [3.8, 4) is 5.75 Å². The van der Waals surface area contributed by atoms with Gasteiger partial charge in [0, 0.05) is 19.4 Å². The van der Waals surface area contributed by atoms with Gasteiger partial charge < -0.3 is 14.4 Å². The number of carbonyl (C=O) groups is 3. The van der Waals surface area contributed by atoms with E-state index in [1.165, 1.54) is 9.80 Å². The molecule has 2 amide bonds. The van der Waals surface area contributed by atoms with E-state index in [2.05, 4.69) is 0 Å². The molecular weight excluding hydrogens is 396 g/mol. The predicted octanol–water partition coefficient (Wildman–Crippen LogP) is 3.37. The Kier molecular flexibility index (Phi) is 5.43. The summed E-state index contributed by atoms with van der Waals surface area (Å²) in [4.78, 5) is 43.0. The molecule has 0 saturated carbocycles. The van der Waals surface area contributed by atoms with Crippen molar-refractivity contribution >= 4 is 23.5 Å². The van der Waals surface area contributed by atoms with Crippen LogP contribution in [0.4, 0.5) is 5.69 Å². The minimum absolute atomic E-state index is 0.0190. The number of nitrogens with zero attached hydrogens (tertiary/aromatic N) is 2. The van der Waals surface area contributed by atoms with Gasteiger partial charge in [-0.3, -0.25) is 14.5 Å². The van der Waals surface area contributed by atoms with Crippen LogP contribution in [0.1, 0.15) is 42.6 Å². The van der Waals surface area contributed by atoms with Crippen LogP contribution in [-0.2, 0) is 20.9 Å². The highest BCUT2D eigenvalue weighted by Crippen LogP contribution is 2.45. The third kappa shape index (κ3) is 3.44. The highest BCUT2D eigenvalue weighted by Gasteiger charge is 2.61. The van der Waals surface area contributed by atoms with E-state index in [0.29, 0.717) is 23.5 Å². The molecule has 7 nitrogen and oxygen atoms in total. The molecule has 4 rings (SSSR count). The number of carbonyl (C=O) groups excluding carboxylic acids is 3. The molecule has 0 aromatic heterocycles. The van der Waals surface area contributed by atoms with Crippen LogP contribution in [-0.4, -0.2) is 42.0 Å². The van der Waals surface area contributed by atoms with Crippen LogP contribution >= 0.6 is 0 Å². The fourth-order valence-corrected chi connectivity index (χ4v) is 4.39. The molecule has 0 spiro atoms. The fraction of sp³-hybridized carbons (Fsp3) is 0.375. The number of hydrogen-bond acceptors (Lipinski definition) is 5. The van der Waals surface area contributed by atoms with Gasteiger partial charge in [0.1, 0.15) is 12.4 Å². The number of rotatable bonds is 6. The highest BCUT2D eigenvalue weighted by atomic mass is 16.5. The maximum Gasteiger partial charge on any atom is 0.354 e. The summed E-state index contributed by atoms with van der Waals surface area (Å²) in [6, 6.07) is 14.2. The zero-order valence-corrected chi connectivity index (χ0v) is 18.0. The summed E-state index contributed by atoms with van der Waals surface area (Å²) in [7, 11) is 1.57. The summed E-state index contributed by atoms with van der Waals surface area (Å²) < 4.78 is 10.9. The second kappa shape index (κ2) is 8.06. The number of benzene rings is 2. The quantitative estimate of drug-likeness (QED) is 0.667. The van der Waals surface area contributed by atoms with E-state index in [-0.39, 0.29) is 37.2 Å². The molecule has 0 aliphatic carbocycles. The summed E-state index contributed by atoms with van der Waals surface area (Å²) in [5, 5.41) is 0. The maximum absolute atomic E-state index is 13.6. The van der Waals surface area contributed by atoms with Crippen LogP contribution in [0.25, 0.3) is 0 Å². The molecule has 1 fully saturated rings. The predicted molar refractivity (Wildman–Crippen MR) is 115 cm³/mol. The lowest BCUT2D eigenvalue weighted by Crippen LogP contribution is -2.69. The van der Waals surface area contributed by atoms with Gasteiger partial charge in [-0.15, -0.1) is 0 Å². The van der Waals surface area contributed by atoms with Crippen LogP contribution in [0.5, 0.6) is 5.75 Å². The minimum atomic E-state index is -1.47. The highest BCUT2D eigenvalue weighted by molar-refractivity contribution is 6.15. The Balaban J connectivity index is 1.73. The van der Waals surface area contributed by atoms with E-state index in [0.717, 1.165) is 5.56 Å². The number of ether oxygens (including phenoxy) is 2. The first-order valence-electron chi connectivity index (χ1n) is 10.4. The average molecular weight is 422 g/mol. The zero-order valence-electron chi connectivity index (χ0n) is 18.0. The van der Waals surface area contributed by atoms with Gasteiger partial charge in [0.25, 0.3) is 5.91 Å². The van der Waals surface area contributed by atoms with Crippen molar-refractivity contribution in [2.75, 3.05) is 18.6 Å². The summed E-state index contributed by atoms with van der Waals surface area (Å²) in [5.41, 5.74) is 0.187. The molecule has 31 heavy (non-hydrogen) atoms. The molecule has 2 aliphatic rings. The van der Waals surface area contributed by atoms with Crippen molar-refractivity contribution in [1.82, 2.24) is 4.90 Å². The van der Waals surface area contributed by atoms with Gasteiger partial charge in [-0.05, 0) is 35.7 Å². The Hall–Kier alpha value is -3.35. The molecule has 2 aromatic carbocycles. The van der Waals surface area contributed by atoms with Crippen LogP contribution in [0.3, 0.4) is 0 Å². The second-order valence-electron chi connectivity index (χ2n) is 8.30. The van der Waals surface area contributed by atoms with Crippen LogP contribution in [0.15, 0.2) is 48.5 Å². The Morgan fingerprint density at radius 3 is 2.65 bits per heavy atom. The van der Waals surface area contributed by atoms with Crippen LogP contribution in [0, 0.1) is 5.92 Å². The molecule has 0 bridgehead atoms. The molecule has 0 radical (unpaired) electrons. The van der Waals surface area contributed by atoms with Gasteiger partial charge in [-0.2, -0.15) is 0 Å². The SMILES string of the molecule is COc1cccc(COC(=O)C23CCC(=O)N2c2ccccc2C(=O)N3CC(C)C)c1. The summed E-state index contributed by atoms with van der Waals surface area (Å²) in [6.07, 6.45) is 0.375. The third-order valence-corrected chi connectivity index (χ3v) is 5.75. The number of hydrogen-bond donors (Lipinski definition) is 0. The van der Waals surface area contributed by atoms with E-state index < -0.39 is 11.6 Å². The fourth-order valence-electron chi connectivity index (χ4n) is 4.39. The molecule has 2 aromatic rings. The summed E-state index contributed by atoms with van der Waals surface area (Å²) in [5.74, 6) is -0.271. The first kappa shape index (κ1) is 20.9. The summed E-state index contributed by atoms with van der Waals surface area (Å²) >= 11 is 0. The van der Waals surface area contributed by atoms with E-state index in [1.807, 2.05) is 32.0 Å². The summed E-state index contributed by atoms with van der Waals surface area (Å²) in [6.45, 7) is 4.31. The third-order valence-electron chi connectivity index (χ3n) is 5.75. The number of amides is 2. The van der Waals surface area contributed by atoms with Gasteiger partial charge in [-0.1, -0.05) is 38.1 Å². The lowest BCUT2D eigenvalue weighted by molar-refractivity contribution is -0.159. The number of para-hydroxylation sites is 1. The first-order chi connectivity index (χ1) is 14.9. The second-order valence-corrected chi connectivity index (χ2v) is 8.30. The van der Waals surface area contributed by atoms with E-state index in [1.54, 1.807) is 37.4 Å². The van der Waals surface area contributed by atoms with E-state index in [4.69, 9.17) is 9.47 Å². The van der Waals surface area contributed by atoms with Crippen molar-refractivity contribution in [1.29, 1.82) is 0 Å². The van der Waals surface area contributed by atoms with Crippen molar-refractivity contribution in [2.24, 2.45) is 5.92 Å². The van der Waals surface area contributed by atoms with Gasteiger partial charge >= 0.3 is 5.97 Å². The largest absolute Gasteiger partial charge is 0.497 e. The number of methoxy groups -OCH3 is 1. The van der Waals surface area contributed by atoms with Gasteiger partial charge in [-0.25, -0.2) is 4.79 Å². The Morgan fingerprint density at radius 2 is 1.90 bits per heavy atom. The molecule has 162 valence electrons. The van der Waals surface area contributed by atoms with Crippen LogP contribution in [0.2, 0.25) is 0 Å². The molecule has 1 atom stereocenters. The number of esters is 1. The average Bonchev–Trinajstić information content (AvgIpc) is 3.13. The molecule has 2 aliphatic heterocycles. The van der Waals surface area contributed by atoms with E-state index in [9.17, 15) is 14.4 Å². The Bertz CT molecular complexity index is 1030. The van der Waals surface area contributed by atoms with Crippen molar-refractivity contribution < 1.29 is 23.9 Å². The number of anilines is 1. The Labute approximate surface area is 181 Å². The van der Waals surface area contributed by atoms with Gasteiger partial charge in [0.05, 0.1) is 18.4 Å². The molecule has 7 heteroatoms. The molecule has 0 N–H and O–H groups in total. The molecular formula is C24H26N2O5. The van der Waals surface area contributed by atoms with Gasteiger partial charge in [0.15, 0.2) is 0 Å². The monoisotopic (exact) mass is 422 g/mol. The molecule has 1 saturated heterocycles. The zero-order chi connectivity index (χ0) is 22.2. The normalized spacial score (nSPS) is 20.0. The van der Waals surface area contributed by atoms with Gasteiger partial charge in [0.2, 0.25) is 11.6 Å². The smallest absolute Gasteiger partial charge is 0.354 e. The number of fused-ring (bicyclic) bond motifs is 3. The van der Waals surface area contributed by atoms with E-state index >= 15 is 0 Å².